The molecular formula is C25H32N4O4. The molecule has 0 atom stereocenters. The Morgan fingerprint density at radius 3 is 2.39 bits per heavy atom. The minimum atomic E-state index is -0.262. The van der Waals surface area contributed by atoms with Gasteiger partial charge in [-0.1, -0.05) is 0 Å². The van der Waals surface area contributed by atoms with Crippen molar-refractivity contribution in [3.05, 3.63) is 40.7 Å². The summed E-state index contributed by atoms with van der Waals surface area (Å²) < 4.78 is 16.2. The fourth-order valence-electron chi connectivity index (χ4n) is 4.37. The topological polar surface area (TPSA) is 88.7 Å². The summed E-state index contributed by atoms with van der Waals surface area (Å²) in [7, 11) is 4.75. The molecule has 1 aliphatic rings. The minimum absolute atomic E-state index is 0.262. The van der Waals surface area contributed by atoms with Gasteiger partial charge >= 0.3 is 0 Å². The molecular weight excluding hydrogens is 420 g/mol. The van der Waals surface area contributed by atoms with Gasteiger partial charge in [-0.05, 0) is 38.8 Å². The predicted molar refractivity (Wildman–Crippen MR) is 131 cm³/mol. The number of nitrogens with one attached hydrogen (secondary N) is 2. The first-order valence-corrected chi connectivity index (χ1v) is 11.3. The minimum Gasteiger partial charge on any atom is -0.497 e. The van der Waals surface area contributed by atoms with Gasteiger partial charge in [0, 0.05) is 54.6 Å². The van der Waals surface area contributed by atoms with Crippen LogP contribution < -0.4 is 25.1 Å². The lowest BCUT2D eigenvalue weighted by Gasteiger charge is -2.35. The highest BCUT2D eigenvalue weighted by Gasteiger charge is 2.22. The Labute approximate surface area is 193 Å². The molecule has 1 saturated heterocycles. The number of ether oxygens (including phenoxy) is 3. The Hall–Kier alpha value is -3.26. The molecule has 0 radical (unpaired) electrons. The monoisotopic (exact) mass is 452 g/mol. The summed E-state index contributed by atoms with van der Waals surface area (Å²) in [5.74, 6) is 2.22. The van der Waals surface area contributed by atoms with E-state index >= 15 is 0 Å². The first kappa shape index (κ1) is 22.9. The van der Waals surface area contributed by atoms with Gasteiger partial charge in [0.05, 0.1) is 26.8 Å². The summed E-state index contributed by atoms with van der Waals surface area (Å²) in [4.78, 5) is 23.2. The third-order valence-electron chi connectivity index (χ3n) is 6.30. The van der Waals surface area contributed by atoms with Crippen molar-refractivity contribution in [1.29, 1.82) is 0 Å². The number of aromatic nitrogens is 2. The van der Waals surface area contributed by atoms with Crippen LogP contribution in [0.2, 0.25) is 0 Å². The summed E-state index contributed by atoms with van der Waals surface area (Å²) in [5, 5.41) is 4.07. The highest BCUT2D eigenvalue weighted by molar-refractivity contribution is 5.88. The lowest BCUT2D eigenvalue weighted by Crippen LogP contribution is -2.42. The smallest absolute Gasteiger partial charge is 0.262 e. The molecule has 2 N–H and O–H groups in total. The van der Waals surface area contributed by atoms with Gasteiger partial charge in [0.2, 0.25) is 0 Å². The summed E-state index contributed by atoms with van der Waals surface area (Å²) in [6.07, 6.45) is 2.09. The molecule has 0 spiro atoms. The van der Waals surface area contributed by atoms with E-state index in [9.17, 15) is 4.79 Å². The molecule has 1 fully saturated rings. The fraction of sp³-hybridized carbons (Fsp3) is 0.440. The van der Waals surface area contributed by atoms with E-state index < -0.39 is 0 Å². The van der Waals surface area contributed by atoms with Crippen molar-refractivity contribution in [3.8, 4) is 28.6 Å². The van der Waals surface area contributed by atoms with Crippen LogP contribution >= 0.6 is 0 Å². The quantitative estimate of drug-likeness (QED) is 0.562. The van der Waals surface area contributed by atoms with Crippen LogP contribution in [0.15, 0.2) is 35.1 Å². The fourth-order valence-corrected chi connectivity index (χ4v) is 4.37. The van der Waals surface area contributed by atoms with E-state index in [1.54, 1.807) is 26.4 Å². The van der Waals surface area contributed by atoms with Gasteiger partial charge in [-0.3, -0.25) is 4.79 Å². The standard InChI is InChI=1S/C25H32N4O4/c1-15(2)29-10-8-16(9-11-29)26-20-12-17(31-3)6-7-19(20)24-27-21-13-18(32-4)14-22(33-5)23(21)25(30)28-24/h6-7,12-16,26H,8-11H2,1-5H3,(H,27,28,30). The van der Waals surface area contributed by atoms with Crippen LogP contribution in [-0.2, 0) is 0 Å². The van der Waals surface area contributed by atoms with Crippen LogP contribution in [0.3, 0.4) is 0 Å². The molecule has 4 rings (SSSR count). The van der Waals surface area contributed by atoms with Gasteiger partial charge in [0.25, 0.3) is 5.56 Å². The van der Waals surface area contributed by atoms with Crippen molar-refractivity contribution < 1.29 is 14.2 Å². The molecule has 8 nitrogen and oxygen atoms in total. The van der Waals surface area contributed by atoms with Crippen molar-refractivity contribution in [1.82, 2.24) is 14.9 Å². The van der Waals surface area contributed by atoms with E-state index in [0.29, 0.717) is 40.3 Å². The van der Waals surface area contributed by atoms with Crippen LogP contribution in [0.5, 0.6) is 17.2 Å². The second-order valence-electron chi connectivity index (χ2n) is 8.60. The van der Waals surface area contributed by atoms with Crippen LogP contribution in [0, 0.1) is 0 Å². The molecule has 0 unspecified atom stereocenters. The van der Waals surface area contributed by atoms with Crippen LogP contribution in [0.25, 0.3) is 22.3 Å². The molecule has 176 valence electrons. The zero-order valence-electron chi connectivity index (χ0n) is 19.9. The summed E-state index contributed by atoms with van der Waals surface area (Å²) in [5.41, 5.74) is 1.94. The highest BCUT2D eigenvalue weighted by atomic mass is 16.5. The largest absolute Gasteiger partial charge is 0.497 e. The molecule has 0 amide bonds. The number of benzene rings is 2. The Morgan fingerprint density at radius 1 is 1.03 bits per heavy atom. The van der Waals surface area contributed by atoms with Crippen molar-refractivity contribution in [2.45, 2.75) is 38.8 Å². The van der Waals surface area contributed by atoms with Gasteiger partial charge in [0.1, 0.15) is 28.5 Å². The molecule has 1 aliphatic heterocycles. The number of rotatable bonds is 7. The number of likely N-dealkylation sites (tertiary alicyclic amines) is 1. The Bertz CT molecular complexity index is 1180. The second kappa shape index (κ2) is 9.70. The predicted octanol–water partition coefficient (Wildman–Crippen LogP) is 3.90. The van der Waals surface area contributed by atoms with E-state index in [1.807, 2.05) is 18.2 Å². The van der Waals surface area contributed by atoms with E-state index in [4.69, 9.17) is 19.2 Å². The first-order chi connectivity index (χ1) is 15.9. The van der Waals surface area contributed by atoms with Gasteiger partial charge in [-0.15, -0.1) is 0 Å². The SMILES string of the molecule is COc1ccc(-c2nc3cc(OC)cc(OC)c3c(=O)[nH]2)c(NC2CCN(C(C)C)CC2)c1. The number of hydrogen-bond donors (Lipinski definition) is 2. The van der Waals surface area contributed by atoms with Gasteiger partial charge in [-0.2, -0.15) is 0 Å². The summed E-state index contributed by atoms with van der Waals surface area (Å²) in [6, 6.07) is 10.1. The highest BCUT2D eigenvalue weighted by Crippen LogP contribution is 2.33. The number of anilines is 1. The lowest BCUT2D eigenvalue weighted by molar-refractivity contribution is 0.177. The average molecular weight is 453 g/mol. The maximum atomic E-state index is 13.0. The zero-order valence-corrected chi connectivity index (χ0v) is 19.9. The molecule has 2 heterocycles. The molecule has 3 aromatic rings. The van der Waals surface area contributed by atoms with Crippen molar-refractivity contribution in [3.63, 3.8) is 0 Å². The van der Waals surface area contributed by atoms with E-state index in [1.165, 1.54) is 7.11 Å². The lowest BCUT2D eigenvalue weighted by atomic mass is 10.0. The van der Waals surface area contributed by atoms with Gasteiger partial charge in [0.15, 0.2) is 0 Å². The number of H-pyrrole nitrogens is 1. The Morgan fingerprint density at radius 2 is 1.76 bits per heavy atom. The summed E-state index contributed by atoms with van der Waals surface area (Å²) >= 11 is 0. The Kier molecular flexibility index (Phi) is 6.74. The van der Waals surface area contributed by atoms with E-state index in [2.05, 4.69) is 29.0 Å². The van der Waals surface area contributed by atoms with E-state index in [0.717, 1.165) is 42.9 Å². The number of piperidine rings is 1. The third-order valence-corrected chi connectivity index (χ3v) is 6.30. The van der Waals surface area contributed by atoms with Crippen molar-refractivity contribution in [2.75, 3.05) is 39.7 Å². The number of nitrogens with zero attached hydrogens (tertiary/aromatic N) is 2. The number of fused-ring (bicyclic) bond motifs is 1. The summed E-state index contributed by atoms with van der Waals surface area (Å²) in [6.45, 7) is 6.58. The number of methoxy groups -OCH3 is 3. The van der Waals surface area contributed by atoms with Crippen molar-refractivity contribution >= 4 is 16.6 Å². The first-order valence-electron chi connectivity index (χ1n) is 11.3. The molecule has 2 aromatic carbocycles. The zero-order chi connectivity index (χ0) is 23.5. The van der Waals surface area contributed by atoms with Crippen LogP contribution in [-0.4, -0.2) is 61.4 Å². The molecule has 8 heteroatoms. The molecule has 0 bridgehead atoms. The maximum absolute atomic E-state index is 13.0. The molecule has 0 aliphatic carbocycles. The third kappa shape index (κ3) is 4.75. The number of hydrogen-bond acceptors (Lipinski definition) is 7. The number of aromatic amines is 1. The molecule has 1 aromatic heterocycles. The molecule has 33 heavy (non-hydrogen) atoms. The normalized spacial score (nSPS) is 15.1. The Balaban J connectivity index is 1.74. The molecule has 0 saturated carbocycles. The van der Waals surface area contributed by atoms with Gasteiger partial charge < -0.3 is 29.4 Å². The van der Waals surface area contributed by atoms with Crippen molar-refractivity contribution in [2.24, 2.45) is 0 Å². The van der Waals surface area contributed by atoms with Crippen LogP contribution in [0.4, 0.5) is 5.69 Å². The van der Waals surface area contributed by atoms with E-state index in [-0.39, 0.29) is 5.56 Å². The van der Waals surface area contributed by atoms with Crippen LogP contribution in [0.1, 0.15) is 26.7 Å². The average Bonchev–Trinajstić information content (AvgIpc) is 2.83. The second-order valence-corrected chi connectivity index (χ2v) is 8.60. The van der Waals surface area contributed by atoms with Gasteiger partial charge in [-0.25, -0.2) is 4.98 Å². The maximum Gasteiger partial charge on any atom is 0.262 e.